The molecule has 0 aliphatic carbocycles. The molecule has 0 atom stereocenters. The number of hydrogen-bond donors (Lipinski definition) is 1. The molecule has 0 amide bonds. The monoisotopic (exact) mass is 284 g/mol. The summed E-state index contributed by atoms with van der Waals surface area (Å²) in [6.07, 6.45) is 0.946. The molecule has 19 heavy (non-hydrogen) atoms. The predicted molar refractivity (Wildman–Crippen MR) is 77.8 cm³/mol. The number of rotatable bonds is 5. The Morgan fingerprint density at radius 1 is 1.37 bits per heavy atom. The Kier molecular flexibility index (Phi) is 5.11. The average Bonchev–Trinajstić information content (AvgIpc) is 2.22. The summed E-state index contributed by atoms with van der Waals surface area (Å²) in [5, 5.41) is 14.6. The first-order valence-corrected chi connectivity index (χ1v) is 7.02. The first-order valence-electron chi connectivity index (χ1n) is 6.20. The lowest BCUT2D eigenvalue weighted by Crippen LogP contribution is -2.12. The largest absolute Gasteiger partial charge is 0.354 e. The zero-order valence-corrected chi connectivity index (χ0v) is 12.8. The third-order valence-corrected chi connectivity index (χ3v) is 3.24. The van der Waals surface area contributed by atoms with E-state index in [1.165, 1.54) is 11.8 Å². The Morgan fingerprint density at radius 3 is 2.47 bits per heavy atom. The topological polar surface area (TPSA) is 81.0 Å². The highest BCUT2D eigenvalue weighted by molar-refractivity contribution is 8.00. The second kappa shape index (κ2) is 6.18. The van der Waals surface area contributed by atoms with E-state index < -0.39 is 4.92 Å². The Bertz CT molecular complexity index is 472. The molecule has 1 N–H and O–H groups in total. The van der Waals surface area contributed by atoms with Crippen LogP contribution in [0.2, 0.25) is 0 Å². The normalized spacial score (nSPS) is 11.4. The first kappa shape index (κ1) is 15.7. The highest BCUT2D eigenvalue weighted by atomic mass is 32.2. The fourth-order valence-corrected chi connectivity index (χ4v) is 2.46. The van der Waals surface area contributed by atoms with Gasteiger partial charge in [-0.15, -0.1) is 0 Å². The standard InChI is InChI=1S/C12H20N4O2S/c1-6-7-13-11-14-8(2)9(16(17)18)10(15-11)19-12(3,4)5/h6-7H2,1-5H3,(H,13,14,15). The van der Waals surface area contributed by atoms with E-state index in [0.29, 0.717) is 16.7 Å². The highest BCUT2D eigenvalue weighted by Crippen LogP contribution is 2.37. The van der Waals surface area contributed by atoms with Gasteiger partial charge in [0.25, 0.3) is 0 Å². The van der Waals surface area contributed by atoms with Gasteiger partial charge in [0.1, 0.15) is 5.69 Å². The molecule has 0 aliphatic rings. The molecule has 0 saturated heterocycles. The highest BCUT2D eigenvalue weighted by Gasteiger charge is 2.26. The van der Waals surface area contributed by atoms with Gasteiger partial charge in [0.15, 0.2) is 5.03 Å². The Morgan fingerprint density at radius 2 is 2.00 bits per heavy atom. The van der Waals surface area contributed by atoms with Crippen LogP contribution in [-0.2, 0) is 0 Å². The van der Waals surface area contributed by atoms with Crippen molar-refractivity contribution in [3.8, 4) is 0 Å². The summed E-state index contributed by atoms with van der Waals surface area (Å²) in [5.41, 5.74) is 0.396. The molecule has 1 heterocycles. The molecular formula is C12H20N4O2S. The van der Waals surface area contributed by atoms with E-state index in [4.69, 9.17) is 0 Å². The fourth-order valence-electron chi connectivity index (χ4n) is 1.43. The van der Waals surface area contributed by atoms with Crippen molar-refractivity contribution in [1.29, 1.82) is 0 Å². The van der Waals surface area contributed by atoms with Crippen LogP contribution in [-0.4, -0.2) is 26.2 Å². The smallest absolute Gasteiger partial charge is 0.322 e. The van der Waals surface area contributed by atoms with Crippen molar-refractivity contribution in [1.82, 2.24) is 9.97 Å². The van der Waals surface area contributed by atoms with Crippen molar-refractivity contribution < 1.29 is 4.92 Å². The number of nitrogens with one attached hydrogen (secondary N) is 1. The van der Waals surface area contributed by atoms with E-state index in [1.54, 1.807) is 6.92 Å². The van der Waals surface area contributed by atoms with Crippen LogP contribution in [0.4, 0.5) is 11.6 Å². The molecule has 0 unspecified atom stereocenters. The number of aryl methyl sites for hydroxylation is 1. The lowest BCUT2D eigenvalue weighted by Gasteiger charge is -2.17. The van der Waals surface area contributed by atoms with Gasteiger partial charge in [0.2, 0.25) is 5.95 Å². The maximum absolute atomic E-state index is 11.1. The molecule has 0 fully saturated rings. The van der Waals surface area contributed by atoms with Gasteiger partial charge in [-0.3, -0.25) is 10.1 Å². The summed E-state index contributed by atoms with van der Waals surface area (Å²) in [6, 6.07) is 0. The van der Waals surface area contributed by atoms with E-state index in [1.807, 2.05) is 27.7 Å². The summed E-state index contributed by atoms with van der Waals surface area (Å²) in [6.45, 7) is 10.4. The fraction of sp³-hybridized carbons (Fsp3) is 0.667. The van der Waals surface area contributed by atoms with Crippen molar-refractivity contribution in [3.63, 3.8) is 0 Å². The van der Waals surface area contributed by atoms with Gasteiger partial charge in [0.05, 0.1) is 4.92 Å². The summed E-state index contributed by atoms with van der Waals surface area (Å²) in [7, 11) is 0. The SMILES string of the molecule is CCCNc1nc(C)c([N+](=O)[O-])c(SC(C)(C)C)n1. The molecule has 1 aromatic rings. The van der Waals surface area contributed by atoms with E-state index in [-0.39, 0.29) is 10.4 Å². The zero-order valence-electron chi connectivity index (χ0n) is 12.0. The average molecular weight is 284 g/mol. The number of nitro groups is 1. The van der Waals surface area contributed by atoms with Crippen LogP contribution in [0.15, 0.2) is 5.03 Å². The summed E-state index contributed by atoms with van der Waals surface area (Å²) in [4.78, 5) is 19.2. The molecular weight excluding hydrogens is 264 g/mol. The van der Waals surface area contributed by atoms with E-state index in [2.05, 4.69) is 15.3 Å². The number of hydrogen-bond acceptors (Lipinski definition) is 6. The van der Waals surface area contributed by atoms with Crippen molar-refractivity contribution in [3.05, 3.63) is 15.8 Å². The van der Waals surface area contributed by atoms with Crippen LogP contribution in [0, 0.1) is 17.0 Å². The zero-order chi connectivity index (χ0) is 14.6. The van der Waals surface area contributed by atoms with Crippen molar-refractivity contribution in [2.75, 3.05) is 11.9 Å². The molecule has 0 aliphatic heterocycles. The minimum atomic E-state index is -0.410. The number of thioether (sulfide) groups is 1. The first-order chi connectivity index (χ1) is 8.74. The van der Waals surface area contributed by atoms with Crippen LogP contribution in [0.5, 0.6) is 0 Å². The maximum atomic E-state index is 11.1. The number of aromatic nitrogens is 2. The van der Waals surface area contributed by atoms with E-state index >= 15 is 0 Å². The van der Waals surface area contributed by atoms with Gasteiger partial charge in [-0.05, 0) is 13.3 Å². The third-order valence-electron chi connectivity index (χ3n) is 2.14. The van der Waals surface area contributed by atoms with E-state index in [0.717, 1.165) is 13.0 Å². The van der Waals surface area contributed by atoms with Crippen LogP contribution >= 0.6 is 11.8 Å². The summed E-state index contributed by atoms with van der Waals surface area (Å²) < 4.78 is -0.145. The Balaban J connectivity index is 3.21. The molecule has 1 rings (SSSR count). The van der Waals surface area contributed by atoms with Crippen molar-refractivity contribution in [2.45, 2.75) is 50.8 Å². The van der Waals surface area contributed by atoms with Gasteiger partial charge < -0.3 is 5.32 Å². The minimum Gasteiger partial charge on any atom is -0.354 e. The van der Waals surface area contributed by atoms with Crippen LogP contribution in [0.25, 0.3) is 0 Å². The maximum Gasteiger partial charge on any atom is 0.322 e. The quantitative estimate of drug-likeness (QED) is 0.386. The molecule has 0 radical (unpaired) electrons. The number of anilines is 1. The van der Waals surface area contributed by atoms with Crippen molar-refractivity contribution >= 4 is 23.4 Å². The van der Waals surface area contributed by atoms with E-state index in [9.17, 15) is 10.1 Å². The minimum absolute atomic E-state index is 0.00183. The Hall–Kier alpha value is -1.37. The van der Waals surface area contributed by atoms with Crippen LogP contribution in [0.1, 0.15) is 39.8 Å². The van der Waals surface area contributed by atoms with Crippen LogP contribution < -0.4 is 5.32 Å². The molecule has 6 nitrogen and oxygen atoms in total. The van der Waals surface area contributed by atoms with Gasteiger partial charge in [0, 0.05) is 11.3 Å². The number of nitrogens with zero attached hydrogens (tertiary/aromatic N) is 3. The molecule has 7 heteroatoms. The second-order valence-corrected chi connectivity index (χ2v) is 7.00. The predicted octanol–water partition coefficient (Wildman–Crippen LogP) is 3.41. The molecule has 1 aromatic heterocycles. The second-order valence-electron chi connectivity index (χ2n) is 5.18. The third kappa shape index (κ3) is 4.66. The van der Waals surface area contributed by atoms with Gasteiger partial charge in [-0.1, -0.05) is 39.5 Å². The molecule has 106 valence electrons. The molecule has 0 aromatic carbocycles. The molecule has 0 bridgehead atoms. The van der Waals surface area contributed by atoms with Crippen LogP contribution in [0.3, 0.4) is 0 Å². The van der Waals surface area contributed by atoms with Gasteiger partial charge in [-0.2, -0.15) is 4.98 Å². The van der Waals surface area contributed by atoms with Gasteiger partial charge in [-0.25, -0.2) is 4.98 Å². The lowest BCUT2D eigenvalue weighted by atomic mass is 10.3. The van der Waals surface area contributed by atoms with Crippen molar-refractivity contribution in [2.24, 2.45) is 0 Å². The summed E-state index contributed by atoms with van der Waals surface area (Å²) in [5.74, 6) is 0.455. The lowest BCUT2D eigenvalue weighted by molar-refractivity contribution is -0.389. The van der Waals surface area contributed by atoms with Gasteiger partial charge >= 0.3 is 5.69 Å². The summed E-state index contributed by atoms with van der Waals surface area (Å²) >= 11 is 1.38. The molecule has 0 saturated carbocycles. The molecule has 0 spiro atoms. The Labute approximate surface area is 117 Å².